The van der Waals surface area contributed by atoms with Crippen molar-refractivity contribution in [1.29, 1.82) is 0 Å². The number of ether oxygens (including phenoxy) is 1. The third-order valence-electron chi connectivity index (χ3n) is 2.82. The summed E-state index contributed by atoms with van der Waals surface area (Å²) in [4.78, 5) is 12.2. The minimum absolute atomic E-state index is 0.0528. The molecule has 0 bridgehead atoms. The maximum absolute atomic E-state index is 12.2. The molecule has 0 atom stereocenters. The number of hydrogen-bond donors (Lipinski definition) is 1. The number of hydrogen-bond acceptors (Lipinski definition) is 3. The maximum Gasteiger partial charge on any atom is 0.168 e. The number of nitrogen functional groups attached to an aromatic ring is 1. The minimum atomic E-state index is 0.0528. The molecule has 0 fully saturated rings. The van der Waals surface area contributed by atoms with E-state index in [1.807, 2.05) is 24.3 Å². The van der Waals surface area contributed by atoms with Crippen LogP contribution in [-0.2, 0) is 6.42 Å². The number of halogens is 1. The van der Waals surface area contributed by atoms with Crippen molar-refractivity contribution in [1.82, 2.24) is 0 Å². The van der Waals surface area contributed by atoms with E-state index in [4.69, 9.17) is 10.5 Å². The molecule has 0 saturated carbocycles. The predicted molar refractivity (Wildman–Crippen MR) is 79.6 cm³/mol. The van der Waals surface area contributed by atoms with Gasteiger partial charge >= 0.3 is 0 Å². The number of methoxy groups -OCH3 is 1. The van der Waals surface area contributed by atoms with E-state index in [0.29, 0.717) is 17.7 Å². The van der Waals surface area contributed by atoms with Gasteiger partial charge in [-0.1, -0.05) is 12.1 Å². The molecule has 2 aromatic rings. The lowest BCUT2D eigenvalue weighted by Gasteiger charge is -2.06. The highest BCUT2D eigenvalue weighted by Crippen LogP contribution is 2.22. The first-order valence-corrected chi connectivity index (χ1v) is 6.60. The van der Waals surface area contributed by atoms with E-state index in [2.05, 4.69) is 15.9 Å². The van der Waals surface area contributed by atoms with Crippen LogP contribution in [-0.4, -0.2) is 12.9 Å². The Balaban J connectivity index is 2.15. The van der Waals surface area contributed by atoms with Crippen molar-refractivity contribution in [2.45, 2.75) is 6.42 Å². The molecule has 0 aliphatic carbocycles. The number of carbonyl (C=O) groups is 1. The topological polar surface area (TPSA) is 52.3 Å². The fourth-order valence-corrected chi connectivity index (χ4v) is 2.40. The second kappa shape index (κ2) is 5.89. The number of rotatable bonds is 4. The molecule has 0 saturated heterocycles. The second-order valence-electron chi connectivity index (χ2n) is 4.19. The molecule has 3 nitrogen and oxygen atoms in total. The van der Waals surface area contributed by atoms with Gasteiger partial charge in [-0.2, -0.15) is 0 Å². The Morgan fingerprint density at radius 1 is 1.21 bits per heavy atom. The van der Waals surface area contributed by atoms with Crippen LogP contribution in [0.2, 0.25) is 0 Å². The number of anilines is 1. The van der Waals surface area contributed by atoms with Gasteiger partial charge in [0, 0.05) is 22.1 Å². The molecule has 0 radical (unpaired) electrons. The van der Waals surface area contributed by atoms with Gasteiger partial charge in [-0.25, -0.2) is 0 Å². The Morgan fingerprint density at radius 3 is 2.47 bits per heavy atom. The Labute approximate surface area is 120 Å². The summed E-state index contributed by atoms with van der Waals surface area (Å²) in [5.74, 6) is 0.835. The summed E-state index contributed by atoms with van der Waals surface area (Å²) in [6.45, 7) is 0. The van der Waals surface area contributed by atoms with E-state index in [-0.39, 0.29) is 5.78 Å². The zero-order valence-electron chi connectivity index (χ0n) is 10.5. The Bertz CT molecular complexity index is 594. The normalized spacial score (nSPS) is 10.2. The molecule has 2 rings (SSSR count). The van der Waals surface area contributed by atoms with Gasteiger partial charge in [-0.15, -0.1) is 0 Å². The number of benzene rings is 2. The average Bonchev–Trinajstić information content (AvgIpc) is 2.39. The largest absolute Gasteiger partial charge is 0.497 e. The van der Waals surface area contributed by atoms with Crippen LogP contribution in [0.5, 0.6) is 5.75 Å². The van der Waals surface area contributed by atoms with Crippen molar-refractivity contribution in [3.8, 4) is 5.75 Å². The number of Topliss-reactive ketones (excluding diaryl/α,β-unsaturated/α-hetero) is 1. The van der Waals surface area contributed by atoms with Crippen LogP contribution in [0.3, 0.4) is 0 Å². The standard InChI is InChI=1S/C15H14BrNO2/c1-19-12-5-2-10(3-6-12)8-15(18)13-7-4-11(17)9-14(13)16/h2-7,9H,8,17H2,1H3. The molecule has 19 heavy (non-hydrogen) atoms. The second-order valence-corrected chi connectivity index (χ2v) is 5.04. The first-order valence-electron chi connectivity index (χ1n) is 5.81. The van der Waals surface area contributed by atoms with Crippen LogP contribution in [0, 0.1) is 0 Å². The molecule has 0 unspecified atom stereocenters. The van der Waals surface area contributed by atoms with Gasteiger partial charge in [0.15, 0.2) is 5.78 Å². The third kappa shape index (κ3) is 3.35. The summed E-state index contributed by atoms with van der Waals surface area (Å²) in [6.07, 6.45) is 0.354. The summed E-state index contributed by atoms with van der Waals surface area (Å²) in [7, 11) is 1.62. The first-order chi connectivity index (χ1) is 9.10. The molecule has 0 aliphatic rings. The van der Waals surface area contributed by atoms with Crippen molar-refractivity contribution in [2.75, 3.05) is 12.8 Å². The van der Waals surface area contributed by atoms with E-state index >= 15 is 0 Å². The van der Waals surface area contributed by atoms with E-state index in [0.717, 1.165) is 15.8 Å². The Kier molecular flexibility index (Phi) is 4.22. The Hall–Kier alpha value is -1.81. The van der Waals surface area contributed by atoms with E-state index in [1.165, 1.54) is 0 Å². The zero-order chi connectivity index (χ0) is 13.8. The summed E-state index contributed by atoms with van der Waals surface area (Å²) in [5, 5.41) is 0. The van der Waals surface area contributed by atoms with Gasteiger partial charge in [0.2, 0.25) is 0 Å². The number of carbonyl (C=O) groups excluding carboxylic acids is 1. The van der Waals surface area contributed by atoms with Crippen LogP contribution in [0.15, 0.2) is 46.9 Å². The van der Waals surface area contributed by atoms with Gasteiger partial charge in [0.05, 0.1) is 7.11 Å². The maximum atomic E-state index is 12.2. The molecule has 0 amide bonds. The summed E-state index contributed by atoms with van der Waals surface area (Å²) in [5.41, 5.74) is 7.89. The lowest BCUT2D eigenvalue weighted by molar-refractivity contribution is 0.0992. The first kappa shape index (κ1) is 13.6. The van der Waals surface area contributed by atoms with Gasteiger partial charge in [-0.3, -0.25) is 4.79 Å². The molecular formula is C15H14BrNO2. The van der Waals surface area contributed by atoms with Crippen molar-refractivity contribution < 1.29 is 9.53 Å². The molecule has 98 valence electrons. The van der Waals surface area contributed by atoms with Crippen LogP contribution in [0.1, 0.15) is 15.9 Å². The molecule has 0 aromatic heterocycles. The van der Waals surface area contributed by atoms with Crippen LogP contribution >= 0.6 is 15.9 Å². The zero-order valence-corrected chi connectivity index (χ0v) is 12.1. The summed E-state index contributed by atoms with van der Waals surface area (Å²) in [6, 6.07) is 12.7. The fourth-order valence-electron chi connectivity index (χ4n) is 1.78. The van der Waals surface area contributed by atoms with E-state index < -0.39 is 0 Å². The SMILES string of the molecule is COc1ccc(CC(=O)c2ccc(N)cc2Br)cc1. The van der Waals surface area contributed by atoms with Crippen LogP contribution in [0.4, 0.5) is 5.69 Å². The van der Waals surface area contributed by atoms with Crippen molar-refractivity contribution in [2.24, 2.45) is 0 Å². The average molecular weight is 320 g/mol. The number of ketones is 1. The molecule has 4 heteroatoms. The van der Waals surface area contributed by atoms with Crippen molar-refractivity contribution in [3.05, 3.63) is 58.1 Å². The lowest BCUT2D eigenvalue weighted by Crippen LogP contribution is -2.05. The smallest absolute Gasteiger partial charge is 0.168 e. The van der Waals surface area contributed by atoms with Gasteiger partial charge in [0.25, 0.3) is 0 Å². The lowest BCUT2D eigenvalue weighted by atomic mass is 10.0. The molecule has 0 spiro atoms. The third-order valence-corrected chi connectivity index (χ3v) is 3.47. The minimum Gasteiger partial charge on any atom is -0.497 e. The summed E-state index contributed by atoms with van der Waals surface area (Å²) < 4.78 is 5.81. The van der Waals surface area contributed by atoms with Crippen LogP contribution < -0.4 is 10.5 Å². The molecule has 0 heterocycles. The Morgan fingerprint density at radius 2 is 1.89 bits per heavy atom. The molecular weight excluding hydrogens is 306 g/mol. The van der Waals surface area contributed by atoms with E-state index in [1.54, 1.807) is 25.3 Å². The fraction of sp³-hybridized carbons (Fsp3) is 0.133. The van der Waals surface area contributed by atoms with Gasteiger partial charge in [0.1, 0.15) is 5.75 Å². The summed E-state index contributed by atoms with van der Waals surface area (Å²) >= 11 is 3.36. The predicted octanol–water partition coefficient (Wildman–Crippen LogP) is 3.47. The molecule has 2 aromatic carbocycles. The van der Waals surface area contributed by atoms with Gasteiger partial charge in [-0.05, 0) is 51.8 Å². The molecule has 0 aliphatic heterocycles. The quantitative estimate of drug-likeness (QED) is 0.693. The van der Waals surface area contributed by atoms with Gasteiger partial charge < -0.3 is 10.5 Å². The highest BCUT2D eigenvalue weighted by Gasteiger charge is 2.11. The highest BCUT2D eigenvalue weighted by molar-refractivity contribution is 9.10. The van der Waals surface area contributed by atoms with Crippen molar-refractivity contribution in [3.63, 3.8) is 0 Å². The molecule has 2 N–H and O–H groups in total. The van der Waals surface area contributed by atoms with E-state index in [9.17, 15) is 4.79 Å². The number of nitrogens with two attached hydrogens (primary N) is 1. The van der Waals surface area contributed by atoms with Crippen molar-refractivity contribution >= 4 is 27.4 Å². The highest BCUT2D eigenvalue weighted by atomic mass is 79.9. The van der Waals surface area contributed by atoms with Crippen LogP contribution in [0.25, 0.3) is 0 Å². The monoisotopic (exact) mass is 319 g/mol.